The van der Waals surface area contributed by atoms with Crippen LogP contribution in [-0.4, -0.2) is 23.1 Å². The number of nitrogens with zero attached hydrogens (tertiary/aromatic N) is 2. The molecule has 17 heavy (non-hydrogen) atoms. The molecule has 1 aromatic rings. The second kappa shape index (κ2) is 7.09. The Morgan fingerprint density at radius 1 is 1.35 bits per heavy atom. The van der Waals surface area contributed by atoms with Crippen molar-refractivity contribution in [2.45, 2.75) is 40.5 Å². The van der Waals surface area contributed by atoms with E-state index in [-0.39, 0.29) is 0 Å². The highest BCUT2D eigenvalue weighted by Crippen LogP contribution is 2.20. The second-order valence-corrected chi connectivity index (χ2v) is 4.61. The summed E-state index contributed by atoms with van der Waals surface area (Å²) in [4.78, 5) is 8.39. The maximum absolute atomic E-state index is 5.68. The van der Waals surface area contributed by atoms with Gasteiger partial charge in [0.2, 0.25) is 5.88 Å². The maximum Gasteiger partial charge on any atom is 0.221 e. The molecule has 1 aromatic heterocycles. The molecule has 0 saturated carbocycles. The summed E-state index contributed by atoms with van der Waals surface area (Å²) in [5.41, 5.74) is 0.990. The van der Waals surface area contributed by atoms with Gasteiger partial charge in [-0.15, -0.1) is 0 Å². The Balaban J connectivity index is 2.59. The smallest absolute Gasteiger partial charge is 0.221 e. The lowest BCUT2D eigenvalue weighted by Crippen LogP contribution is -2.08. The molecule has 1 heterocycles. The van der Waals surface area contributed by atoms with E-state index in [9.17, 15) is 0 Å². The van der Waals surface area contributed by atoms with Crippen LogP contribution < -0.4 is 10.1 Å². The summed E-state index contributed by atoms with van der Waals surface area (Å²) < 4.78 is 5.68. The van der Waals surface area contributed by atoms with E-state index < -0.39 is 0 Å². The van der Waals surface area contributed by atoms with E-state index in [0.717, 1.165) is 30.8 Å². The summed E-state index contributed by atoms with van der Waals surface area (Å²) in [5.74, 6) is 2.22. The quantitative estimate of drug-likeness (QED) is 0.792. The summed E-state index contributed by atoms with van der Waals surface area (Å²) >= 11 is 0. The van der Waals surface area contributed by atoms with Crippen LogP contribution in [0.25, 0.3) is 0 Å². The Morgan fingerprint density at radius 2 is 2.12 bits per heavy atom. The fourth-order valence-electron chi connectivity index (χ4n) is 1.39. The zero-order chi connectivity index (χ0) is 12.7. The Labute approximate surface area is 104 Å². The predicted molar refractivity (Wildman–Crippen MR) is 70.5 cm³/mol. The topological polar surface area (TPSA) is 47.0 Å². The molecule has 1 N–H and O–H groups in total. The van der Waals surface area contributed by atoms with Gasteiger partial charge in [0, 0.05) is 6.54 Å². The minimum atomic E-state index is 0.648. The van der Waals surface area contributed by atoms with Crippen molar-refractivity contribution in [1.29, 1.82) is 0 Å². The van der Waals surface area contributed by atoms with Crippen molar-refractivity contribution in [2.24, 2.45) is 5.92 Å². The van der Waals surface area contributed by atoms with Crippen molar-refractivity contribution in [1.82, 2.24) is 9.97 Å². The minimum absolute atomic E-state index is 0.648. The number of aromatic nitrogens is 2. The lowest BCUT2D eigenvalue weighted by molar-refractivity contribution is 0.277. The molecule has 0 radical (unpaired) electrons. The highest BCUT2D eigenvalue weighted by atomic mass is 16.5. The maximum atomic E-state index is 5.68. The van der Waals surface area contributed by atoms with E-state index >= 15 is 0 Å². The van der Waals surface area contributed by atoms with E-state index in [0.29, 0.717) is 18.4 Å². The van der Waals surface area contributed by atoms with Crippen molar-refractivity contribution in [3.05, 3.63) is 11.9 Å². The van der Waals surface area contributed by atoms with Crippen molar-refractivity contribution in [3.63, 3.8) is 0 Å². The minimum Gasteiger partial charge on any atom is -0.477 e. The average Bonchev–Trinajstić information content (AvgIpc) is 2.29. The predicted octanol–water partition coefficient (Wildman–Crippen LogP) is 3.03. The summed E-state index contributed by atoms with van der Waals surface area (Å²) in [6, 6.07) is 0. The molecule has 0 unspecified atom stereocenters. The van der Waals surface area contributed by atoms with Gasteiger partial charge in [-0.05, 0) is 25.7 Å². The van der Waals surface area contributed by atoms with Crippen molar-refractivity contribution >= 4 is 5.82 Å². The van der Waals surface area contributed by atoms with Crippen LogP contribution in [0.3, 0.4) is 0 Å². The first-order valence-corrected chi connectivity index (χ1v) is 6.33. The Bertz CT molecular complexity index is 339. The van der Waals surface area contributed by atoms with Gasteiger partial charge in [-0.25, -0.2) is 9.97 Å². The van der Waals surface area contributed by atoms with Gasteiger partial charge >= 0.3 is 0 Å². The molecular formula is C13H23N3O. The van der Waals surface area contributed by atoms with Crippen molar-refractivity contribution < 1.29 is 4.74 Å². The van der Waals surface area contributed by atoms with Crippen LogP contribution in [0.15, 0.2) is 6.33 Å². The molecule has 1 rings (SSSR count). The first kappa shape index (κ1) is 13.7. The molecule has 0 spiro atoms. The van der Waals surface area contributed by atoms with Crippen LogP contribution in [-0.2, 0) is 0 Å². The van der Waals surface area contributed by atoms with Gasteiger partial charge in [0.25, 0.3) is 0 Å². The molecule has 96 valence electrons. The van der Waals surface area contributed by atoms with Crippen LogP contribution in [0.4, 0.5) is 5.82 Å². The third-order valence-electron chi connectivity index (χ3n) is 2.51. The van der Waals surface area contributed by atoms with Crippen LogP contribution in [0.2, 0.25) is 0 Å². The molecule has 0 aliphatic rings. The number of ether oxygens (including phenoxy) is 1. The third-order valence-corrected chi connectivity index (χ3v) is 2.51. The number of hydrogen-bond acceptors (Lipinski definition) is 4. The number of rotatable bonds is 7. The highest BCUT2D eigenvalue weighted by Gasteiger charge is 2.07. The van der Waals surface area contributed by atoms with E-state index in [1.54, 1.807) is 6.33 Å². The zero-order valence-corrected chi connectivity index (χ0v) is 11.3. The highest BCUT2D eigenvalue weighted by molar-refractivity contribution is 5.47. The summed E-state index contributed by atoms with van der Waals surface area (Å²) in [6.45, 7) is 10.1. The summed E-state index contributed by atoms with van der Waals surface area (Å²) in [7, 11) is 0. The average molecular weight is 237 g/mol. The normalized spacial score (nSPS) is 10.6. The van der Waals surface area contributed by atoms with E-state index in [1.165, 1.54) is 0 Å². The number of hydrogen-bond donors (Lipinski definition) is 1. The molecule has 0 saturated heterocycles. The van der Waals surface area contributed by atoms with Crippen LogP contribution in [0.5, 0.6) is 5.88 Å². The van der Waals surface area contributed by atoms with Crippen LogP contribution in [0.1, 0.15) is 39.2 Å². The SMILES string of the molecule is CCCNc1ncnc(OCCC(C)C)c1C. The van der Waals surface area contributed by atoms with Gasteiger partial charge in [-0.1, -0.05) is 20.8 Å². The monoisotopic (exact) mass is 237 g/mol. The third kappa shape index (κ3) is 4.59. The molecule has 0 bridgehead atoms. The molecule has 0 aliphatic heterocycles. The summed E-state index contributed by atoms with van der Waals surface area (Å²) in [6.07, 6.45) is 3.67. The lowest BCUT2D eigenvalue weighted by Gasteiger charge is -2.12. The Morgan fingerprint density at radius 3 is 2.76 bits per heavy atom. The molecule has 0 fully saturated rings. The molecule has 4 nitrogen and oxygen atoms in total. The van der Waals surface area contributed by atoms with E-state index in [1.807, 2.05) is 6.92 Å². The van der Waals surface area contributed by atoms with Crippen LogP contribution >= 0.6 is 0 Å². The Hall–Kier alpha value is -1.32. The first-order chi connectivity index (χ1) is 8.15. The molecular weight excluding hydrogens is 214 g/mol. The molecule has 4 heteroatoms. The van der Waals surface area contributed by atoms with Gasteiger partial charge in [-0.3, -0.25) is 0 Å². The van der Waals surface area contributed by atoms with Gasteiger partial charge in [0.15, 0.2) is 0 Å². The lowest BCUT2D eigenvalue weighted by atomic mass is 10.1. The van der Waals surface area contributed by atoms with Gasteiger partial charge < -0.3 is 10.1 Å². The first-order valence-electron chi connectivity index (χ1n) is 6.33. The van der Waals surface area contributed by atoms with Gasteiger partial charge in [0.1, 0.15) is 12.1 Å². The van der Waals surface area contributed by atoms with Crippen molar-refractivity contribution in [3.8, 4) is 5.88 Å². The fourth-order valence-corrected chi connectivity index (χ4v) is 1.39. The Kier molecular flexibility index (Phi) is 5.73. The van der Waals surface area contributed by atoms with Crippen LogP contribution in [0, 0.1) is 12.8 Å². The molecule has 0 amide bonds. The number of anilines is 1. The van der Waals surface area contributed by atoms with Crippen molar-refractivity contribution in [2.75, 3.05) is 18.5 Å². The van der Waals surface area contributed by atoms with E-state index in [2.05, 4.69) is 36.1 Å². The summed E-state index contributed by atoms with van der Waals surface area (Å²) in [5, 5.41) is 3.27. The molecule has 0 aromatic carbocycles. The molecule has 0 aliphatic carbocycles. The van der Waals surface area contributed by atoms with Gasteiger partial charge in [0.05, 0.1) is 12.2 Å². The largest absolute Gasteiger partial charge is 0.477 e. The standard InChI is InChI=1S/C13H23N3O/c1-5-7-14-12-11(4)13(16-9-15-12)17-8-6-10(2)3/h9-10H,5-8H2,1-4H3,(H,14,15,16). The van der Waals surface area contributed by atoms with E-state index in [4.69, 9.17) is 4.74 Å². The fraction of sp³-hybridized carbons (Fsp3) is 0.692. The number of nitrogens with one attached hydrogen (secondary N) is 1. The second-order valence-electron chi connectivity index (χ2n) is 4.61. The van der Waals surface area contributed by atoms with Gasteiger partial charge in [-0.2, -0.15) is 0 Å². The zero-order valence-electron chi connectivity index (χ0n) is 11.3. The molecule has 0 atom stereocenters.